The number of hydrogen-bond acceptors (Lipinski definition) is 4. The summed E-state index contributed by atoms with van der Waals surface area (Å²) in [5, 5.41) is 0. The number of aromatic nitrogens is 4. The van der Waals surface area contributed by atoms with Gasteiger partial charge in [-0.15, -0.1) is 0 Å². The maximum Gasteiger partial charge on any atom is 0.115 e. The van der Waals surface area contributed by atoms with E-state index in [0.29, 0.717) is 0 Å². The maximum atomic E-state index is 4.64. The molecule has 0 spiro atoms. The molecule has 2 aromatic heterocycles. The molecule has 0 aliphatic heterocycles. The monoisotopic (exact) mass is 702 g/mol. The van der Waals surface area contributed by atoms with Crippen LogP contribution in [0.2, 0.25) is 0 Å². The summed E-state index contributed by atoms with van der Waals surface area (Å²) in [6.07, 6.45) is 11.1. The summed E-state index contributed by atoms with van der Waals surface area (Å²) in [5.74, 6) is 0. The number of nitrogens with zero attached hydrogens (tertiary/aromatic N) is 4. The van der Waals surface area contributed by atoms with E-state index in [0.717, 1.165) is 55.7 Å². The van der Waals surface area contributed by atoms with Gasteiger partial charge in [0.2, 0.25) is 0 Å². The van der Waals surface area contributed by atoms with Crippen LogP contribution in [0.1, 0.15) is 38.9 Å². The molecule has 0 amide bonds. The molecule has 0 bridgehead atoms. The minimum atomic E-state index is 0.961. The molecule has 0 N–H and O–H groups in total. The highest BCUT2D eigenvalue weighted by molar-refractivity contribution is 6.40. The van der Waals surface area contributed by atoms with Crippen LogP contribution in [0.15, 0.2) is 195 Å². The van der Waals surface area contributed by atoms with E-state index in [1.165, 1.54) is 50.1 Å². The van der Waals surface area contributed by atoms with E-state index in [1.54, 1.807) is 12.7 Å². The molecule has 8 aromatic rings. The van der Waals surface area contributed by atoms with Crippen molar-refractivity contribution in [2.45, 2.75) is 6.92 Å². The maximum absolute atomic E-state index is 4.64. The molecule has 55 heavy (non-hydrogen) atoms. The van der Waals surface area contributed by atoms with Crippen molar-refractivity contribution in [1.29, 1.82) is 0 Å². The Morgan fingerprint density at radius 3 is 1.02 bits per heavy atom. The molecule has 4 heteroatoms. The highest BCUT2D eigenvalue weighted by Gasteiger charge is 2.43. The van der Waals surface area contributed by atoms with Crippen molar-refractivity contribution in [3.63, 3.8) is 0 Å². The zero-order valence-corrected chi connectivity index (χ0v) is 30.2. The molecule has 0 atom stereocenters. The molecule has 10 rings (SSSR count). The summed E-state index contributed by atoms with van der Waals surface area (Å²) in [6, 6.07) is 54.1. The zero-order valence-electron chi connectivity index (χ0n) is 30.2. The predicted molar refractivity (Wildman–Crippen MR) is 224 cm³/mol. The Hall–Kier alpha value is -7.30. The predicted octanol–water partition coefficient (Wildman–Crippen LogP) is 11.9. The van der Waals surface area contributed by atoms with E-state index in [-0.39, 0.29) is 0 Å². The molecule has 0 saturated carbocycles. The second kappa shape index (κ2) is 13.6. The van der Waals surface area contributed by atoms with E-state index < -0.39 is 0 Å². The highest BCUT2D eigenvalue weighted by Crippen LogP contribution is 2.65. The standard InChI is InChI=1S/C51H34N4/c1-33-41(34-17-7-2-8-18-34)43(35-19-9-3-10-20-35)45(37-23-13-5-14-24-37)49-42(33)50-47(39-27-52-31-53-28-39)44(36-21-11-4-12-22-36)46(38-25-15-6-16-26-38)51(50)48(49)40-29-54-32-55-30-40/h2-32H,1H3. The van der Waals surface area contributed by atoms with Crippen LogP contribution in [0.4, 0.5) is 0 Å². The minimum absolute atomic E-state index is 0.961. The average molecular weight is 703 g/mol. The Labute approximate surface area is 320 Å². The molecule has 2 heterocycles. The molecule has 2 aliphatic carbocycles. The second-order valence-corrected chi connectivity index (χ2v) is 13.8. The third-order valence-corrected chi connectivity index (χ3v) is 10.8. The topological polar surface area (TPSA) is 51.6 Å². The van der Waals surface area contributed by atoms with Gasteiger partial charge in [-0.25, -0.2) is 19.9 Å². The SMILES string of the molecule is Cc1c2c(c(-c3ccccc3)c(-c3ccccc3)c1-c1ccccc1)C(c1cncnc1)=C1C(c3ccccc3)=C(c3ccccc3)C(c3cncnc3)=C12. The van der Waals surface area contributed by atoms with E-state index in [1.807, 2.05) is 24.8 Å². The quantitative estimate of drug-likeness (QED) is 0.166. The molecule has 258 valence electrons. The number of fused-ring (bicyclic) bond motifs is 3. The van der Waals surface area contributed by atoms with Gasteiger partial charge in [0.25, 0.3) is 0 Å². The van der Waals surface area contributed by atoms with E-state index in [2.05, 4.69) is 179 Å². The van der Waals surface area contributed by atoms with Crippen LogP contribution in [-0.2, 0) is 0 Å². The summed E-state index contributed by atoms with van der Waals surface area (Å²) >= 11 is 0. The molecule has 4 nitrogen and oxygen atoms in total. The lowest BCUT2D eigenvalue weighted by Crippen LogP contribution is -2.04. The summed E-state index contributed by atoms with van der Waals surface area (Å²) < 4.78 is 0. The van der Waals surface area contributed by atoms with Crippen LogP contribution in [0.25, 0.3) is 61.2 Å². The number of benzene rings is 6. The first-order valence-corrected chi connectivity index (χ1v) is 18.5. The molecular formula is C51H34N4. The fourth-order valence-electron chi connectivity index (χ4n) is 8.66. The molecule has 0 radical (unpaired) electrons. The van der Waals surface area contributed by atoms with Gasteiger partial charge in [-0.2, -0.15) is 0 Å². The first-order valence-electron chi connectivity index (χ1n) is 18.5. The minimum Gasteiger partial charge on any atom is -0.244 e. The molecule has 6 aromatic carbocycles. The Morgan fingerprint density at radius 1 is 0.255 bits per heavy atom. The van der Waals surface area contributed by atoms with Crippen LogP contribution >= 0.6 is 0 Å². The first-order chi connectivity index (χ1) is 27.3. The van der Waals surface area contributed by atoms with Crippen LogP contribution in [-0.4, -0.2) is 19.9 Å². The summed E-state index contributed by atoms with van der Waals surface area (Å²) in [5.41, 5.74) is 21.7. The van der Waals surface area contributed by atoms with Gasteiger partial charge < -0.3 is 0 Å². The Morgan fingerprint density at radius 2 is 0.582 bits per heavy atom. The first kappa shape index (κ1) is 32.4. The second-order valence-electron chi connectivity index (χ2n) is 13.8. The molecular weight excluding hydrogens is 669 g/mol. The summed E-state index contributed by atoms with van der Waals surface area (Å²) in [4.78, 5) is 18.5. The fraction of sp³-hybridized carbons (Fsp3) is 0.0196. The van der Waals surface area contributed by atoms with Gasteiger partial charge in [0.15, 0.2) is 0 Å². The van der Waals surface area contributed by atoms with Gasteiger partial charge in [0.1, 0.15) is 12.7 Å². The van der Waals surface area contributed by atoms with Gasteiger partial charge in [0.05, 0.1) is 0 Å². The Kier molecular flexibility index (Phi) is 8.00. The molecule has 0 fully saturated rings. The summed E-state index contributed by atoms with van der Waals surface area (Å²) in [7, 11) is 0. The Bertz CT molecular complexity index is 2790. The number of allylic oxidation sites excluding steroid dienone is 5. The summed E-state index contributed by atoms with van der Waals surface area (Å²) in [6.45, 7) is 2.30. The van der Waals surface area contributed by atoms with Crippen molar-refractivity contribution in [3.8, 4) is 33.4 Å². The van der Waals surface area contributed by atoms with Crippen molar-refractivity contribution in [2.24, 2.45) is 0 Å². The van der Waals surface area contributed by atoms with E-state index >= 15 is 0 Å². The normalized spacial score (nSPS) is 13.3. The van der Waals surface area contributed by atoms with Crippen molar-refractivity contribution in [2.75, 3.05) is 0 Å². The molecule has 2 aliphatic rings. The van der Waals surface area contributed by atoms with Crippen LogP contribution in [0.5, 0.6) is 0 Å². The lowest BCUT2D eigenvalue weighted by atomic mass is 9.77. The third kappa shape index (κ3) is 5.30. The average Bonchev–Trinajstić information content (AvgIpc) is 3.79. The van der Waals surface area contributed by atoms with Gasteiger partial charge in [-0.3, -0.25) is 0 Å². The van der Waals surface area contributed by atoms with Crippen LogP contribution < -0.4 is 0 Å². The fourth-order valence-corrected chi connectivity index (χ4v) is 8.66. The van der Waals surface area contributed by atoms with Crippen molar-refractivity contribution >= 4 is 27.9 Å². The lowest BCUT2D eigenvalue weighted by molar-refractivity contribution is 1.15. The van der Waals surface area contributed by atoms with Crippen LogP contribution in [0.3, 0.4) is 0 Å². The molecule has 0 saturated heterocycles. The van der Waals surface area contributed by atoms with Gasteiger partial charge >= 0.3 is 0 Å². The van der Waals surface area contributed by atoms with Crippen LogP contribution in [0, 0.1) is 6.92 Å². The van der Waals surface area contributed by atoms with Gasteiger partial charge in [-0.05, 0) is 84.8 Å². The Balaban J connectivity index is 1.49. The van der Waals surface area contributed by atoms with Gasteiger partial charge in [0, 0.05) is 52.6 Å². The molecule has 0 unspecified atom stereocenters. The third-order valence-electron chi connectivity index (χ3n) is 10.8. The van der Waals surface area contributed by atoms with Crippen molar-refractivity contribution in [1.82, 2.24) is 19.9 Å². The smallest absolute Gasteiger partial charge is 0.115 e. The van der Waals surface area contributed by atoms with E-state index in [4.69, 9.17) is 0 Å². The highest BCUT2D eigenvalue weighted by atomic mass is 14.8. The van der Waals surface area contributed by atoms with E-state index in [9.17, 15) is 0 Å². The largest absolute Gasteiger partial charge is 0.244 e. The van der Waals surface area contributed by atoms with Crippen molar-refractivity contribution < 1.29 is 0 Å². The lowest BCUT2D eigenvalue weighted by Gasteiger charge is -2.26. The number of rotatable bonds is 7. The van der Waals surface area contributed by atoms with Crippen molar-refractivity contribution in [3.05, 3.63) is 234 Å². The number of hydrogen-bond donors (Lipinski definition) is 0. The zero-order chi connectivity index (χ0) is 36.7. The van der Waals surface area contributed by atoms with Gasteiger partial charge in [-0.1, -0.05) is 152 Å².